The Balaban J connectivity index is 0.00000112. The molecule has 0 atom stereocenters. The van der Waals surface area contributed by atoms with Gasteiger partial charge in [-0.2, -0.15) is 5.10 Å². The van der Waals surface area contributed by atoms with Gasteiger partial charge >= 0.3 is 0 Å². The average molecular weight is 228 g/mol. The fourth-order valence-electron chi connectivity index (χ4n) is 1.19. The summed E-state index contributed by atoms with van der Waals surface area (Å²) >= 11 is 0. The second kappa shape index (κ2) is 4.01. The molecule has 0 radical (unpaired) electrons. The molecule has 0 aliphatic heterocycles. The number of rotatable bonds is 2. The van der Waals surface area contributed by atoms with Crippen LogP contribution in [-0.2, 0) is 0 Å². The molecule has 0 bridgehead atoms. The van der Waals surface area contributed by atoms with Crippen molar-refractivity contribution in [3.63, 3.8) is 0 Å². The van der Waals surface area contributed by atoms with Crippen molar-refractivity contribution < 1.29 is 4.92 Å². The zero-order valence-corrected chi connectivity index (χ0v) is 8.11. The molecule has 0 saturated carbocycles. The maximum Gasteiger partial charge on any atom is 0.271 e. The predicted molar refractivity (Wildman–Crippen MR) is 54.8 cm³/mol. The highest BCUT2D eigenvalue weighted by Crippen LogP contribution is 2.25. The van der Waals surface area contributed by atoms with Gasteiger partial charge < -0.3 is 0 Å². The molecule has 0 amide bonds. The van der Waals surface area contributed by atoms with E-state index in [-0.39, 0.29) is 23.9 Å². The van der Waals surface area contributed by atoms with Gasteiger partial charge in [-0.05, 0) is 6.07 Å². The SMILES string of the molecule is Cl.N=Nc1n[nH]c2cc([N+](=O)[O-])ccc12. The van der Waals surface area contributed by atoms with Gasteiger partial charge in [0.25, 0.3) is 5.69 Å². The van der Waals surface area contributed by atoms with Crippen LogP contribution in [0, 0.1) is 15.6 Å². The van der Waals surface area contributed by atoms with Crippen LogP contribution >= 0.6 is 12.4 Å². The molecule has 0 spiro atoms. The van der Waals surface area contributed by atoms with Crippen LogP contribution < -0.4 is 0 Å². The molecule has 78 valence electrons. The van der Waals surface area contributed by atoms with Crippen molar-refractivity contribution in [3.8, 4) is 0 Å². The summed E-state index contributed by atoms with van der Waals surface area (Å²) in [5.74, 6) is 0.231. The highest BCUT2D eigenvalue weighted by molar-refractivity contribution is 5.89. The molecule has 7 nitrogen and oxygen atoms in total. The molecule has 2 rings (SSSR count). The Bertz CT molecular complexity index is 523. The number of halogens is 1. The first-order valence-corrected chi connectivity index (χ1v) is 3.72. The minimum atomic E-state index is -0.488. The van der Waals surface area contributed by atoms with E-state index in [9.17, 15) is 10.1 Å². The number of nitro benzene ring substituents is 1. The van der Waals surface area contributed by atoms with Crippen LogP contribution in [0.5, 0.6) is 0 Å². The molecule has 15 heavy (non-hydrogen) atoms. The van der Waals surface area contributed by atoms with E-state index in [4.69, 9.17) is 5.53 Å². The summed E-state index contributed by atoms with van der Waals surface area (Å²) in [5, 5.41) is 20.5. The van der Waals surface area contributed by atoms with E-state index in [0.29, 0.717) is 10.9 Å². The zero-order valence-electron chi connectivity index (χ0n) is 7.30. The number of aromatic amines is 1. The van der Waals surface area contributed by atoms with Crippen molar-refractivity contribution in [2.45, 2.75) is 0 Å². The Labute approximate surface area is 89.6 Å². The van der Waals surface area contributed by atoms with Crippen molar-refractivity contribution >= 4 is 34.8 Å². The summed E-state index contributed by atoms with van der Waals surface area (Å²) in [4.78, 5) is 9.94. The number of H-pyrrole nitrogens is 1. The highest BCUT2D eigenvalue weighted by Gasteiger charge is 2.10. The minimum absolute atomic E-state index is 0. The van der Waals surface area contributed by atoms with Crippen LogP contribution in [0.4, 0.5) is 11.5 Å². The number of aromatic nitrogens is 2. The fraction of sp³-hybridized carbons (Fsp3) is 0. The van der Waals surface area contributed by atoms with Gasteiger partial charge in [0.1, 0.15) is 0 Å². The first-order chi connectivity index (χ1) is 6.72. The molecule has 1 aromatic carbocycles. The van der Waals surface area contributed by atoms with E-state index < -0.39 is 4.92 Å². The monoisotopic (exact) mass is 227 g/mol. The van der Waals surface area contributed by atoms with Gasteiger partial charge in [-0.15, -0.1) is 17.5 Å². The van der Waals surface area contributed by atoms with Gasteiger partial charge in [-0.3, -0.25) is 15.2 Å². The lowest BCUT2D eigenvalue weighted by molar-refractivity contribution is -0.384. The summed E-state index contributed by atoms with van der Waals surface area (Å²) < 4.78 is 0. The van der Waals surface area contributed by atoms with Crippen LogP contribution in [0.25, 0.3) is 10.9 Å². The van der Waals surface area contributed by atoms with Crippen LogP contribution in [0.15, 0.2) is 23.3 Å². The van der Waals surface area contributed by atoms with Crippen LogP contribution in [0.2, 0.25) is 0 Å². The maximum absolute atomic E-state index is 10.4. The predicted octanol–water partition coefficient (Wildman–Crippen LogP) is 2.56. The smallest absolute Gasteiger partial charge is 0.271 e. The molecule has 8 heteroatoms. The van der Waals surface area contributed by atoms with Crippen LogP contribution in [0.3, 0.4) is 0 Å². The number of hydrogen-bond donors (Lipinski definition) is 2. The average Bonchev–Trinajstić information content (AvgIpc) is 2.59. The van der Waals surface area contributed by atoms with Gasteiger partial charge in [-0.25, -0.2) is 5.53 Å². The number of hydrogen-bond acceptors (Lipinski definition) is 5. The molecular weight excluding hydrogens is 222 g/mol. The molecular formula is C7H6ClN5O2. The lowest BCUT2D eigenvalue weighted by Gasteiger charge is -1.90. The van der Waals surface area contributed by atoms with Crippen molar-refractivity contribution in [1.82, 2.24) is 10.2 Å². The van der Waals surface area contributed by atoms with Gasteiger partial charge in [0.05, 0.1) is 10.4 Å². The third-order valence-corrected chi connectivity index (χ3v) is 1.84. The molecule has 0 aliphatic carbocycles. The van der Waals surface area contributed by atoms with E-state index in [1.165, 1.54) is 18.2 Å². The summed E-state index contributed by atoms with van der Waals surface area (Å²) in [5.41, 5.74) is 7.28. The Morgan fingerprint density at radius 2 is 2.27 bits per heavy atom. The number of nitro groups is 1. The standard InChI is InChI=1S/C7H5N5O2.ClH/c8-9-7-5-2-1-4(12(13)14)3-6(5)10-11-7;/h1-3,8H,(H,10,11);1H. The van der Waals surface area contributed by atoms with Crippen molar-refractivity contribution in [3.05, 3.63) is 28.3 Å². The van der Waals surface area contributed by atoms with Gasteiger partial charge in [0.2, 0.25) is 5.82 Å². The van der Waals surface area contributed by atoms with Crippen molar-refractivity contribution in [2.24, 2.45) is 5.11 Å². The molecule has 1 aromatic heterocycles. The first kappa shape index (κ1) is 11.1. The highest BCUT2D eigenvalue weighted by atomic mass is 35.5. The second-order valence-corrected chi connectivity index (χ2v) is 2.65. The summed E-state index contributed by atoms with van der Waals surface area (Å²) in [6, 6.07) is 4.23. The number of nitrogens with one attached hydrogen (secondary N) is 2. The van der Waals surface area contributed by atoms with Crippen LogP contribution in [-0.4, -0.2) is 15.1 Å². The number of benzene rings is 1. The maximum atomic E-state index is 10.4. The van der Waals surface area contributed by atoms with E-state index >= 15 is 0 Å². The van der Waals surface area contributed by atoms with Crippen LogP contribution in [0.1, 0.15) is 0 Å². The van der Waals surface area contributed by atoms with E-state index in [0.717, 1.165) is 0 Å². The molecule has 0 unspecified atom stereocenters. The first-order valence-electron chi connectivity index (χ1n) is 3.72. The lowest BCUT2D eigenvalue weighted by atomic mass is 10.2. The Morgan fingerprint density at radius 1 is 1.53 bits per heavy atom. The largest absolute Gasteiger partial charge is 0.275 e. The second-order valence-electron chi connectivity index (χ2n) is 2.65. The van der Waals surface area contributed by atoms with Crippen molar-refractivity contribution in [1.29, 1.82) is 5.53 Å². The lowest BCUT2D eigenvalue weighted by Crippen LogP contribution is -1.86. The summed E-state index contributed by atoms with van der Waals surface area (Å²) in [6.07, 6.45) is 0. The summed E-state index contributed by atoms with van der Waals surface area (Å²) in [6.45, 7) is 0. The molecule has 0 aliphatic rings. The van der Waals surface area contributed by atoms with Gasteiger partial charge in [0.15, 0.2) is 0 Å². The molecule has 0 saturated heterocycles. The molecule has 1 heterocycles. The number of nitrogens with zero attached hydrogens (tertiary/aromatic N) is 3. The normalized spacial score (nSPS) is 9.60. The Kier molecular flexibility index (Phi) is 2.96. The third kappa shape index (κ3) is 1.77. The number of non-ortho nitro benzene ring substituents is 1. The topological polar surface area (TPSA) is 108 Å². The molecule has 2 aromatic rings. The number of fused-ring (bicyclic) bond motifs is 1. The molecule has 0 fully saturated rings. The van der Waals surface area contributed by atoms with Gasteiger partial charge in [0, 0.05) is 17.5 Å². The van der Waals surface area contributed by atoms with Crippen molar-refractivity contribution in [2.75, 3.05) is 0 Å². The Morgan fingerprint density at radius 3 is 2.87 bits per heavy atom. The third-order valence-electron chi connectivity index (χ3n) is 1.84. The molecule has 2 N–H and O–H groups in total. The zero-order chi connectivity index (χ0) is 10.1. The van der Waals surface area contributed by atoms with E-state index in [2.05, 4.69) is 15.3 Å². The summed E-state index contributed by atoms with van der Waals surface area (Å²) in [7, 11) is 0. The van der Waals surface area contributed by atoms with Gasteiger partial charge in [-0.1, -0.05) is 0 Å². The van der Waals surface area contributed by atoms with E-state index in [1.54, 1.807) is 0 Å². The quantitative estimate of drug-likeness (QED) is 0.467. The van der Waals surface area contributed by atoms with E-state index in [1.807, 2.05) is 0 Å². The fourth-order valence-corrected chi connectivity index (χ4v) is 1.19. The Hall–Kier alpha value is -2.02. The minimum Gasteiger partial charge on any atom is -0.275 e.